The monoisotopic (exact) mass is 330 g/mol. The molecular weight excluding hydrogens is 308 g/mol. The zero-order valence-electron chi connectivity index (χ0n) is 14.6. The molecule has 0 atom stereocenters. The predicted molar refractivity (Wildman–Crippen MR) is 91.0 cm³/mol. The number of hydrogen-bond donors (Lipinski definition) is 2. The van der Waals surface area contributed by atoms with Crippen LogP contribution in [0.1, 0.15) is 27.2 Å². The number of phenols is 1. The molecule has 1 heterocycles. The molecule has 0 fully saturated rings. The molecule has 2 N–H and O–H groups in total. The van der Waals surface area contributed by atoms with Crippen LogP contribution in [0.3, 0.4) is 0 Å². The average Bonchev–Trinajstić information content (AvgIpc) is 2.74. The molecule has 7 nitrogen and oxygen atoms in total. The Bertz CT molecular complexity index is 844. The number of carboxylic acids is 1. The van der Waals surface area contributed by atoms with Crippen LogP contribution in [0, 0.1) is 11.3 Å². The van der Waals surface area contributed by atoms with Crippen LogP contribution in [0.2, 0.25) is 0 Å². The lowest BCUT2D eigenvalue weighted by Gasteiger charge is -2.14. The van der Waals surface area contributed by atoms with Crippen LogP contribution < -0.4 is 0 Å². The maximum Gasteiger partial charge on any atom is 0.338 e. The summed E-state index contributed by atoms with van der Waals surface area (Å²) < 4.78 is 1.79. The van der Waals surface area contributed by atoms with Gasteiger partial charge in [-0.15, -0.1) is 0 Å². The van der Waals surface area contributed by atoms with Crippen LogP contribution in [0.5, 0.6) is 5.75 Å². The number of fused-ring (bicyclic) bond motifs is 1. The Labute approximate surface area is 140 Å². The molecule has 0 amide bonds. The van der Waals surface area contributed by atoms with Crippen LogP contribution in [0.25, 0.3) is 10.9 Å². The summed E-state index contributed by atoms with van der Waals surface area (Å²) in [6.45, 7) is 0.778. The van der Waals surface area contributed by atoms with Crippen molar-refractivity contribution in [1.29, 1.82) is 5.26 Å². The fourth-order valence-electron chi connectivity index (χ4n) is 2.98. The Morgan fingerprint density at radius 2 is 1.83 bits per heavy atom. The van der Waals surface area contributed by atoms with E-state index in [4.69, 9.17) is 0 Å². The third kappa shape index (κ3) is 2.94. The molecule has 1 aromatic heterocycles. The van der Waals surface area contributed by atoms with Crippen LogP contribution in [-0.2, 0) is 20.1 Å². The van der Waals surface area contributed by atoms with E-state index < -0.39 is 5.97 Å². The van der Waals surface area contributed by atoms with E-state index in [9.17, 15) is 20.3 Å². The summed E-state index contributed by atoms with van der Waals surface area (Å²) in [5.74, 6) is -1.19. The van der Waals surface area contributed by atoms with Crippen molar-refractivity contribution in [3.63, 3.8) is 0 Å². The Hall–Kier alpha value is -2.56. The van der Waals surface area contributed by atoms with E-state index in [0.717, 1.165) is 0 Å². The number of nitrogens with zero attached hydrogens (tertiary/aromatic N) is 4. The lowest BCUT2D eigenvalue weighted by Crippen LogP contribution is -2.16. The number of rotatable bonds is 5. The Morgan fingerprint density at radius 3 is 2.29 bits per heavy atom. The minimum absolute atomic E-state index is 0.147. The van der Waals surface area contributed by atoms with Crippen molar-refractivity contribution in [2.75, 3.05) is 28.2 Å². The second-order valence-electron chi connectivity index (χ2n) is 6.42. The zero-order valence-corrected chi connectivity index (χ0v) is 14.6. The fourth-order valence-corrected chi connectivity index (χ4v) is 2.98. The number of aromatic hydroxyl groups is 1. The van der Waals surface area contributed by atoms with E-state index in [1.54, 1.807) is 17.7 Å². The van der Waals surface area contributed by atoms with Crippen LogP contribution in [0.15, 0.2) is 6.07 Å². The lowest BCUT2D eigenvalue weighted by atomic mass is 10.00. The van der Waals surface area contributed by atoms with Gasteiger partial charge in [-0.25, -0.2) is 4.79 Å². The molecule has 7 heteroatoms. The summed E-state index contributed by atoms with van der Waals surface area (Å²) >= 11 is 0. The number of carboxylic acid groups (broad SMARTS) is 1. The van der Waals surface area contributed by atoms with Crippen molar-refractivity contribution < 1.29 is 15.0 Å². The quantitative estimate of drug-likeness (QED) is 0.864. The largest absolute Gasteiger partial charge is 0.506 e. The van der Waals surface area contributed by atoms with Gasteiger partial charge >= 0.3 is 5.97 Å². The van der Waals surface area contributed by atoms with Crippen molar-refractivity contribution >= 4 is 16.9 Å². The van der Waals surface area contributed by atoms with Gasteiger partial charge in [-0.1, -0.05) is 0 Å². The van der Waals surface area contributed by atoms with E-state index in [2.05, 4.69) is 0 Å². The molecule has 0 spiro atoms. The van der Waals surface area contributed by atoms with Gasteiger partial charge in [-0.05, 0) is 34.3 Å². The molecule has 0 aliphatic heterocycles. The van der Waals surface area contributed by atoms with Crippen LogP contribution in [-0.4, -0.2) is 58.7 Å². The summed E-state index contributed by atoms with van der Waals surface area (Å²) in [5.41, 5.74) is 2.06. The number of carbonyl (C=O) groups is 1. The van der Waals surface area contributed by atoms with Gasteiger partial charge in [-0.2, -0.15) is 5.26 Å². The Morgan fingerprint density at radius 1 is 1.25 bits per heavy atom. The molecule has 0 unspecified atom stereocenters. The lowest BCUT2D eigenvalue weighted by molar-refractivity contribution is 0.0696. The van der Waals surface area contributed by atoms with Gasteiger partial charge < -0.3 is 24.6 Å². The number of aromatic carboxylic acids is 1. The highest BCUT2D eigenvalue weighted by atomic mass is 16.4. The molecule has 1 aromatic carbocycles. The SMILES string of the molecule is CN(C)Cc1c(O)c(C#N)cc2c1c(C(=O)O)c(CN(C)C)n2C. The van der Waals surface area contributed by atoms with E-state index in [1.165, 1.54) is 0 Å². The molecule has 0 aliphatic carbocycles. The first-order chi connectivity index (χ1) is 11.2. The third-order valence-electron chi connectivity index (χ3n) is 3.96. The number of hydrogen-bond acceptors (Lipinski definition) is 5. The van der Waals surface area contributed by atoms with Gasteiger partial charge in [0.15, 0.2) is 0 Å². The van der Waals surface area contributed by atoms with Gasteiger partial charge in [0.25, 0.3) is 0 Å². The molecule has 2 rings (SSSR count). The molecule has 0 bridgehead atoms. The minimum atomic E-state index is -1.04. The number of aryl methyl sites for hydroxylation is 1. The number of nitriles is 1. The number of benzene rings is 1. The average molecular weight is 330 g/mol. The van der Waals surface area contributed by atoms with Gasteiger partial charge in [0.2, 0.25) is 0 Å². The van der Waals surface area contributed by atoms with E-state index >= 15 is 0 Å². The van der Waals surface area contributed by atoms with Crippen molar-refractivity contribution in [3.8, 4) is 11.8 Å². The van der Waals surface area contributed by atoms with E-state index in [-0.39, 0.29) is 16.9 Å². The zero-order chi connectivity index (χ0) is 18.2. The van der Waals surface area contributed by atoms with Crippen LogP contribution in [0.4, 0.5) is 0 Å². The first-order valence-corrected chi connectivity index (χ1v) is 7.48. The summed E-state index contributed by atoms with van der Waals surface area (Å²) in [6.07, 6.45) is 0. The van der Waals surface area contributed by atoms with E-state index in [0.29, 0.717) is 35.2 Å². The maximum atomic E-state index is 11.9. The molecule has 0 aliphatic rings. The van der Waals surface area contributed by atoms with Crippen LogP contribution >= 0.6 is 0 Å². The number of aromatic nitrogens is 1. The van der Waals surface area contributed by atoms with Crippen molar-refractivity contribution in [3.05, 3.63) is 28.5 Å². The molecule has 128 valence electrons. The third-order valence-corrected chi connectivity index (χ3v) is 3.96. The molecule has 2 aromatic rings. The maximum absolute atomic E-state index is 11.9. The molecule has 0 radical (unpaired) electrons. The van der Waals surface area contributed by atoms with Gasteiger partial charge in [0.05, 0.1) is 16.6 Å². The summed E-state index contributed by atoms with van der Waals surface area (Å²) in [5, 5.41) is 30.0. The normalized spacial score (nSPS) is 11.4. The van der Waals surface area contributed by atoms with E-state index in [1.807, 2.05) is 44.1 Å². The molecular formula is C17H22N4O3. The topological polar surface area (TPSA) is 92.7 Å². The molecule has 24 heavy (non-hydrogen) atoms. The smallest absolute Gasteiger partial charge is 0.338 e. The second kappa shape index (κ2) is 6.51. The predicted octanol–water partition coefficient (Wildman–Crippen LogP) is 1.58. The Kier molecular flexibility index (Phi) is 4.83. The fraction of sp³-hybridized carbons (Fsp3) is 0.412. The minimum Gasteiger partial charge on any atom is -0.506 e. The summed E-state index contributed by atoms with van der Waals surface area (Å²) in [6, 6.07) is 3.54. The second-order valence-corrected chi connectivity index (χ2v) is 6.42. The van der Waals surface area contributed by atoms with Gasteiger partial charge in [-0.3, -0.25) is 0 Å². The molecule has 0 saturated heterocycles. The summed E-state index contributed by atoms with van der Waals surface area (Å²) in [7, 11) is 9.17. The van der Waals surface area contributed by atoms with Crippen molar-refractivity contribution in [2.24, 2.45) is 7.05 Å². The summed E-state index contributed by atoms with van der Waals surface area (Å²) in [4.78, 5) is 15.7. The first-order valence-electron chi connectivity index (χ1n) is 7.48. The first kappa shape index (κ1) is 17.8. The molecule has 0 saturated carbocycles. The Balaban J connectivity index is 2.98. The van der Waals surface area contributed by atoms with Crippen molar-refractivity contribution in [1.82, 2.24) is 14.4 Å². The van der Waals surface area contributed by atoms with Crippen molar-refractivity contribution in [2.45, 2.75) is 13.1 Å². The highest BCUT2D eigenvalue weighted by molar-refractivity contribution is 6.07. The number of phenolic OH excluding ortho intramolecular Hbond substituents is 1. The highest BCUT2D eigenvalue weighted by Crippen LogP contribution is 2.37. The van der Waals surface area contributed by atoms with Gasteiger partial charge in [0.1, 0.15) is 11.8 Å². The standard InChI is InChI=1S/C17H22N4O3/c1-19(2)8-11-14-12(6-10(7-18)16(11)22)21(5)13(9-20(3)4)15(14)17(23)24/h6,22H,8-9H2,1-5H3,(H,23,24). The van der Waals surface area contributed by atoms with Gasteiger partial charge in [0, 0.05) is 36.8 Å². The highest BCUT2D eigenvalue weighted by Gasteiger charge is 2.26.